The summed E-state index contributed by atoms with van der Waals surface area (Å²) in [7, 11) is 1.42. The molecule has 1 aliphatic heterocycles. The number of nitrogens with zero attached hydrogens (tertiary/aromatic N) is 2. The van der Waals surface area contributed by atoms with E-state index >= 15 is 0 Å². The number of nitriles is 1. The van der Waals surface area contributed by atoms with Gasteiger partial charge in [0, 0.05) is 28.9 Å². The molecule has 5 nitrogen and oxygen atoms in total. The molecular formula is C20H18F3N3O2. The smallest absolute Gasteiger partial charge is 0.431 e. The Balaban J connectivity index is 2.32. The summed E-state index contributed by atoms with van der Waals surface area (Å²) in [6.07, 6.45) is -3.16. The first kappa shape index (κ1) is 19.5. The number of aromatic nitrogens is 1. The Morgan fingerprint density at radius 1 is 1.29 bits per heavy atom. The van der Waals surface area contributed by atoms with Gasteiger partial charge in [0.1, 0.15) is 11.4 Å². The highest BCUT2D eigenvalue weighted by Gasteiger charge is 2.43. The number of methoxy groups -OCH3 is 1. The summed E-state index contributed by atoms with van der Waals surface area (Å²) in [6.45, 7) is 3.51. The minimum Gasteiger partial charge on any atom is -0.496 e. The second kappa shape index (κ2) is 7.43. The highest BCUT2D eigenvalue weighted by atomic mass is 19.4. The number of fused-ring (bicyclic) bond motifs is 1. The van der Waals surface area contributed by atoms with Gasteiger partial charge in [-0.1, -0.05) is 6.07 Å². The molecule has 0 aliphatic carbocycles. The van der Waals surface area contributed by atoms with E-state index in [1.54, 1.807) is 19.1 Å². The number of ether oxygens (including phenoxy) is 2. The van der Waals surface area contributed by atoms with Crippen LogP contribution in [0.5, 0.6) is 11.6 Å². The maximum atomic E-state index is 13.7. The van der Waals surface area contributed by atoms with Crippen molar-refractivity contribution in [1.29, 1.82) is 5.26 Å². The molecule has 0 saturated heterocycles. The molecule has 1 atom stereocenters. The summed E-state index contributed by atoms with van der Waals surface area (Å²) in [5, 5.41) is 11.6. The van der Waals surface area contributed by atoms with Crippen molar-refractivity contribution in [3.05, 3.63) is 58.4 Å². The number of pyridine rings is 1. The number of alkyl halides is 3. The Morgan fingerprint density at radius 2 is 2.04 bits per heavy atom. The molecule has 2 aromatic rings. The first-order valence-electron chi connectivity index (χ1n) is 8.56. The van der Waals surface area contributed by atoms with Crippen LogP contribution in [0, 0.1) is 11.3 Å². The van der Waals surface area contributed by atoms with Crippen LogP contribution >= 0.6 is 0 Å². The summed E-state index contributed by atoms with van der Waals surface area (Å²) >= 11 is 0. The molecule has 0 saturated carbocycles. The second-order valence-corrected chi connectivity index (χ2v) is 6.19. The lowest BCUT2D eigenvalue weighted by Crippen LogP contribution is -2.28. The Bertz CT molecular complexity index is 978. The SMILES string of the molecule is CCOc1nccc2c1C(c1ccc(C#N)cc1OC)C(C)=C(C(F)(F)F)N2. The van der Waals surface area contributed by atoms with Crippen LogP contribution < -0.4 is 14.8 Å². The number of halogens is 3. The fraction of sp³-hybridized carbons (Fsp3) is 0.300. The maximum absolute atomic E-state index is 13.7. The highest BCUT2D eigenvalue weighted by molar-refractivity contribution is 5.70. The lowest BCUT2D eigenvalue weighted by atomic mass is 9.81. The van der Waals surface area contributed by atoms with E-state index in [2.05, 4.69) is 10.3 Å². The fourth-order valence-electron chi connectivity index (χ4n) is 3.39. The lowest BCUT2D eigenvalue weighted by Gasteiger charge is -2.32. The van der Waals surface area contributed by atoms with Crippen LogP contribution in [0.4, 0.5) is 18.9 Å². The Morgan fingerprint density at radius 3 is 2.64 bits per heavy atom. The summed E-state index contributed by atoms with van der Waals surface area (Å²) in [6, 6.07) is 8.16. The Hall–Kier alpha value is -3.21. The number of allylic oxidation sites excluding steroid dienone is 2. The third-order valence-corrected chi connectivity index (χ3v) is 4.57. The Kier molecular flexibility index (Phi) is 5.18. The Labute approximate surface area is 160 Å². The third-order valence-electron chi connectivity index (χ3n) is 4.57. The van der Waals surface area contributed by atoms with E-state index in [0.717, 1.165) is 0 Å². The molecule has 0 radical (unpaired) electrons. The van der Waals surface area contributed by atoms with Crippen molar-refractivity contribution >= 4 is 5.69 Å². The summed E-state index contributed by atoms with van der Waals surface area (Å²) in [5.41, 5.74) is 0.855. The van der Waals surface area contributed by atoms with E-state index in [1.807, 2.05) is 6.07 Å². The van der Waals surface area contributed by atoms with Gasteiger partial charge in [-0.25, -0.2) is 4.98 Å². The molecule has 3 rings (SSSR count). The van der Waals surface area contributed by atoms with Crippen LogP contribution in [-0.2, 0) is 0 Å². The monoisotopic (exact) mass is 389 g/mol. The van der Waals surface area contributed by atoms with E-state index in [0.29, 0.717) is 29.0 Å². The number of benzene rings is 1. The molecule has 1 N–H and O–H groups in total. The van der Waals surface area contributed by atoms with Gasteiger partial charge in [0.25, 0.3) is 0 Å². The van der Waals surface area contributed by atoms with Gasteiger partial charge in [0.05, 0.1) is 25.3 Å². The quantitative estimate of drug-likeness (QED) is 0.817. The maximum Gasteiger partial charge on any atom is 0.431 e. The van der Waals surface area contributed by atoms with Gasteiger partial charge in [-0.15, -0.1) is 0 Å². The number of nitrogens with one attached hydrogen (secondary N) is 1. The van der Waals surface area contributed by atoms with Gasteiger partial charge in [-0.3, -0.25) is 0 Å². The van der Waals surface area contributed by atoms with Crippen molar-refractivity contribution in [2.24, 2.45) is 0 Å². The summed E-state index contributed by atoms with van der Waals surface area (Å²) in [5.74, 6) is -0.223. The van der Waals surface area contributed by atoms with Crippen molar-refractivity contribution in [3.63, 3.8) is 0 Å². The van der Waals surface area contributed by atoms with Gasteiger partial charge < -0.3 is 14.8 Å². The van der Waals surface area contributed by atoms with E-state index in [-0.39, 0.29) is 17.1 Å². The van der Waals surface area contributed by atoms with E-state index < -0.39 is 17.8 Å². The average Bonchev–Trinajstić information content (AvgIpc) is 2.67. The van der Waals surface area contributed by atoms with Crippen LogP contribution in [0.15, 0.2) is 41.7 Å². The normalized spacial score (nSPS) is 16.1. The van der Waals surface area contributed by atoms with Crippen molar-refractivity contribution in [2.75, 3.05) is 19.0 Å². The summed E-state index contributed by atoms with van der Waals surface area (Å²) < 4.78 is 52.0. The van der Waals surface area contributed by atoms with Gasteiger partial charge in [0.15, 0.2) is 0 Å². The molecule has 1 aromatic carbocycles. The standard InChI is InChI=1S/C20H18F3N3O2/c1-4-28-19-17-14(7-8-25-19)26-18(20(21,22)23)11(2)16(17)13-6-5-12(10-24)9-15(13)27-3/h5-9,16,26H,4H2,1-3H3. The van der Waals surface area contributed by atoms with Crippen molar-refractivity contribution in [1.82, 2.24) is 4.98 Å². The molecule has 1 aromatic heterocycles. The number of hydrogen-bond acceptors (Lipinski definition) is 5. The second-order valence-electron chi connectivity index (χ2n) is 6.19. The van der Waals surface area contributed by atoms with Gasteiger partial charge >= 0.3 is 6.18 Å². The molecule has 0 fully saturated rings. The molecule has 1 aliphatic rings. The minimum atomic E-state index is -4.56. The minimum absolute atomic E-state index is 0.0666. The zero-order valence-corrected chi connectivity index (χ0v) is 15.5. The van der Waals surface area contributed by atoms with Crippen LogP contribution in [-0.4, -0.2) is 24.9 Å². The lowest BCUT2D eigenvalue weighted by molar-refractivity contribution is -0.0914. The topological polar surface area (TPSA) is 67.2 Å². The third kappa shape index (κ3) is 3.36. The van der Waals surface area contributed by atoms with Crippen molar-refractivity contribution < 1.29 is 22.6 Å². The first-order valence-corrected chi connectivity index (χ1v) is 8.56. The van der Waals surface area contributed by atoms with Gasteiger partial charge in [0.2, 0.25) is 5.88 Å². The molecule has 0 spiro atoms. The first-order chi connectivity index (χ1) is 13.3. The van der Waals surface area contributed by atoms with Crippen LogP contribution in [0.25, 0.3) is 0 Å². The largest absolute Gasteiger partial charge is 0.496 e. The fourth-order valence-corrected chi connectivity index (χ4v) is 3.39. The molecule has 0 amide bonds. The highest BCUT2D eigenvalue weighted by Crippen LogP contribution is 2.50. The van der Waals surface area contributed by atoms with Crippen LogP contribution in [0.1, 0.15) is 36.5 Å². The predicted octanol–water partition coefficient (Wildman–Crippen LogP) is 4.75. The van der Waals surface area contributed by atoms with Crippen LogP contribution in [0.3, 0.4) is 0 Å². The van der Waals surface area contributed by atoms with Crippen LogP contribution in [0.2, 0.25) is 0 Å². The molecule has 146 valence electrons. The zero-order valence-electron chi connectivity index (χ0n) is 15.5. The van der Waals surface area contributed by atoms with Gasteiger partial charge in [-0.05, 0) is 37.6 Å². The molecular weight excluding hydrogens is 371 g/mol. The van der Waals surface area contributed by atoms with Crippen molar-refractivity contribution in [2.45, 2.75) is 25.9 Å². The zero-order chi connectivity index (χ0) is 20.5. The molecule has 28 heavy (non-hydrogen) atoms. The summed E-state index contributed by atoms with van der Waals surface area (Å²) in [4.78, 5) is 4.21. The van der Waals surface area contributed by atoms with Gasteiger partial charge in [-0.2, -0.15) is 18.4 Å². The molecule has 0 bridgehead atoms. The van der Waals surface area contributed by atoms with E-state index in [1.165, 1.54) is 32.4 Å². The molecule has 8 heteroatoms. The van der Waals surface area contributed by atoms with Crippen molar-refractivity contribution in [3.8, 4) is 17.7 Å². The predicted molar refractivity (Wildman–Crippen MR) is 97.3 cm³/mol. The number of hydrogen-bond donors (Lipinski definition) is 1. The van der Waals surface area contributed by atoms with E-state index in [9.17, 15) is 13.2 Å². The number of rotatable bonds is 4. The average molecular weight is 389 g/mol. The number of anilines is 1. The molecule has 1 unspecified atom stereocenters. The molecule has 2 heterocycles. The van der Waals surface area contributed by atoms with E-state index in [4.69, 9.17) is 14.7 Å².